The summed E-state index contributed by atoms with van der Waals surface area (Å²) in [6, 6.07) is 2.54. The Morgan fingerprint density at radius 1 is 1.46 bits per heavy atom. The topological polar surface area (TPSA) is 80.4 Å². The van der Waals surface area contributed by atoms with Crippen molar-refractivity contribution in [2.24, 2.45) is 5.14 Å². The van der Waals surface area contributed by atoms with Crippen LogP contribution in [0.25, 0.3) is 0 Å². The minimum Gasteiger partial charge on any atom is -0.505 e. The highest BCUT2D eigenvalue weighted by atomic mass is 79.9. The van der Waals surface area contributed by atoms with E-state index in [0.717, 1.165) is 0 Å². The second-order valence-corrected chi connectivity index (χ2v) is 5.13. The van der Waals surface area contributed by atoms with Crippen LogP contribution in [-0.4, -0.2) is 13.5 Å². The second-order valence-electron chi connectivity index (χ2n) is 2.28. The zero-order valence-electron chi connectivity index (χ0n) is 6.16. The van der Waals surface area contributed by atoms with E-state index in [4.69, 9.17) is 16.7 Å². The van der Waals surface area contributed by atoms with E-state index in [1.54, 1.807) is 0 Å². The first-order valence-electron chi connectivity index (χ1n) is 3.03. The molecule has 1 rings (SSSR count). The number of rotatable bonds is 1. The van der Waals surface area contributed by atoms with Crippen molar-refractivity contribution in [1.82, 2.24) is 0 Å². The molecule has 0 unspecified atom stereocenters. The Kier molecular flexibility index (Phi) is 2.86. The molecule has 7 heteroatoms. The summed E-state index contributed by atoms with van der Waals surface area (Å²) >= 11 is 8.55. The van der Waals surface area contributed by atoms with E-state index in [0.29, 0.717) is 4.47 Å². The van der Waals surface area contributed by atoms with Gasteiger partial charge in [-0.2, -0.15) is 0 Å². The van der Waals surface area contributed by atoms with Crippen LogP contribution >= 0.6 is 27.5 Å². The third kappa shape index (κ3) is 2.34. The third-order valence-corrected chi connectivity index (χ3v) is 2.97. The third-order valence-electron chi connectivity index (χ3n) is 1.30. The molecule has 0 aliphatic heterocycles. The first-order valence-corrected chi connectivity index (χ1v) is 5.75. The summed E-state index contributed by atoms with van der Waals surface area (Å²) in [5, 5.41) is 14.0. The molecule has 4 nitrogen and oxygen atoms in total. The minimum absolute atomic E-state index is 0.0709. The largest absolute Gasteiger partial charge is 0.505 e. The van der Waals surface area contributed by atoms with Crippen LogP contribution in [0.5, 0.6) is 5.75 Å². The van der Waals surface area contributed by atoms with Crippen molar-refractivity contribution in [3.05, 3.63) is 21.6 Å². The molecule has 0 aromatic heterocycles. The van der Waals surface area contributed by atoms with Crippen LogP contribution in [0.2, 0.25) is 5.02 Å². The smallest absolute Gasteiger partial charge is 0.241 e. The summed E-state index contributed by atoms with van der Waals surface area (Å²) in [5.74, 6) is -0.535. The number of hydrogen-bond donors (Lipinski definition) is 2. The average molecular weight is 287 g/mol. The van der Waals surface area contributed by atoms with Crippen LogP contribution in [0, 0.1) is 0 Å². The molecule has 0 radical (unpaired) electrons. The Hall–Kier alpha value is -0.300. The number of aromatic hydroxyl groups is 1. The standard InChI is InChI=1S/C6H5BrClNO3S/c7-3-1-4(8)6(10)5(2-3)13(9,11)12/h1-2,10H,(H2,9,11,12). The van der Waals surface area contributed by atoms with Gasteiger partial charge in [-0.1, -0.05) is 27.5 Å². The lowest BCUT2D eigenvalue weighted by atomic mass is 10.3. The first kappa shape index (κ1) is 10.8. The molecule has 72 valence electrons. The molecule has 1 aromatic carbocycles. The Morgan fingerprint density at radius 2 is 2.00 bits per heavy atom. The van der Waals surface area contributed by atoms with Gasteiger partial charge in [-0.25, -0.2) is 13.6 Å². The number of primary sulfonamides is 1. The van der Waals surface area contributed by atoms with E-state index in [2.05, 4.69) is 15.9 Å². The first-order chi connectivity index (χ1) is 5.82. The lowest BCUT2D eigenvalue weighted by Crippen LogP contribution is -2.12. The molecule has 0 heterocycles. The van der Waals surface area contributed by atoms with Crippen molar-refractivity contribution >= 4 is 37.6 Å². The van der Waals surface area contributed by atoms with Crippen LogP contribution < -0.4 is 5.14 Å². The Labute approximate surface area is 88.5 Å². The van der Waals surface area contributed by atoms with Crippen molar-refractivity contribution in [2.75, 3.05) is 0 Å². The molecule has 3 N–H and O–H groups in total. The van der Waals surface area contributed by atoms with Crippen molar-refractivity contribution in [1.29, 1.82) is 0 Å². The van der Waals surface area contributed by atoms with E-state index in [1.165, 1.54) is 12.1 Å². The van der Waals surface area contributed by atoms with Gasteiger partial charge in [0.15, 0.2) is 5.75 Å². The molecule has 0 amide bonds. The fourth-order valence-corrected chi connectivity index (χ4v) is 2.45. The number of sulfonamides is 1. The van der Waals surface area contributed by atoms with Crippen molar-refractivity contribution in [3.8, 4) is 5.75 Å². The van der Waals surface area contributed by atoms with Crippen LogP contribution in [0.4, 0.5) is 0 Å². The molecule has 0 aliphatic carbocycles. The number of benzene rings is 1. The average Bonchev–Trinajstić information content (AvgIpc) is 1.94. The molecular weight excluding hydrogens is 281 g/mol. The molecule has 0 saturated carbocycles. The molecule has 0 atom stereocenters. The predicted octanol–water partition coefficient (Wildman–Crippen LogP) is 1.46. The van der Waals surface area contributed by atoms with Crippen molar-refractivity contribution in [2.45, 2.75) is 4.90 Å². The minimum atomic E-state index is -3.94. The highest BCUT2D eigenvalue weighted by Crippen LogP contribution is 2.33. The highest BCUT2D eigenvalue weighted by molar-refractivity contribution is 9.10. The van der Waals surface area contributed by atoms with Gasteiger partial charge in [0.05, 0.1) is 5.02 Å². The zero-order valence-corrected chi connectivity index (χ0v) is 9.32. The van der Waals surface area contributed by atoms with Gasteiger partial charge in [-0.05, 0) is 12.1 Å². The van der Waals surface area contributed by atoms with Crippen molar-refractivity contribution in [3.63, 3.8) is 0 Å². The van der Waals surface area contributed by atoms with Gasteiger partial charge in [0.2, 0.25) is 10.0 Å². The van der Waals surface area contributed by atoms with E-state index >= 15 is 0 Å². The van der Waals surface area contributed by atoms with Gasteiger partial charge in [0.1, 0.15) is 4.90 Å². The van der Waals surface area contributed by atoms with Gasteiger partial charge in [-0.15, -0.1) is 0 Å². The monoisotopic (exact) mass is 285 g/mol. The number of hydrogen-bond acceptors (Lipinski definition) is 3. The van der Waals surface area contributed by atoms with Gasteiger partial charge in [-0.3, -0.25) is 0 Å². The van der Waals surface area contributed by atoms with Crippen LogP contribution in [0.3, 0.4) is 0 Å². The summed E-state index contributed by atoms with van der Waals surface area (Å²) < 4.78 is 22.2. The Morgan fingerprint density at radius 3 is 2.46 bits per heavy atom. The molecule has 1 aromatic rings. The van der Waals surface area contributed by atoms with E-state index in [1.807, 2.05) is 0 Å². The number of halogens is 2. The number of nitrogens with two attached hydrogens (primary N) is 1. The highest BCUT2D eigenvalue weighted by Gasteiger charge is 2.16. The quantitative estimate of drug-likeness (QED) is 0.820. The maximum absolute atomic E-state index is 10.9. The SMILES string of the molecule is NS(=O)(=O)c1cc(Br)cc(Cl)c1O. The molecule has 0 spiro atoms. The lowest BCUT2D eigenvalue weighted by Gasteiger charge is -2.04. The lowest BCUT2D eigenvalue weighted by molar-refractivity contribution is 0.459. The van der Waals surface area contributed by atoms with Crippen LogP contribution in [0.15, 0.2) is 21.5 Å². The van der Waals surface area contributed by atoms with E-state index in [9.17, 15) is 13.5 Å². The van der Waals surface area contributed by atoms with E-state index < -0.39 is 20.7 Å². The normalized spacial score (nSPS) is 11.6. The maximum Gasteiger partial charge on any atom is 0.241 e. The summed E-state index contributed by atoms with van der Waals surface area (Å²) in [5.41, 5.74) is 0. The zero-order chi connectivity index (χ0) is 10.2. The fourth-order valence-electron chi connectivity index (χ4n) is 0.759. The van der Waals surface area contributed by atoms with Crippen LogP contribution in [0.1, 0.15) is 0 Å². The van der Waals surface area contributed by atoms with Gasteiger partial charge < -0.3 is 5.11 Å². The van der Waals surface area contributed by atoms with Crippen molar-refractivity contribution < 1.29 is 13.5 Å². The summed E-state index contributed by atoms with van der Waals surface area (Å²) in [6.45, 7) is 0. The number of phenols is 1. The summed E-state index contributed by atoms with van der Waals surface area (Å²) in [7, 11) is -3.94. The molecular formula is C6H5BrClNO3S. The van der Waals surface area contributed by atoms with E-state index in [-0.39, 0.29) is 5.02 Å². The molecule has 0 bridgehead atoms. The molecule has 0 fully saturated rings. The fraction of sp³-hybridized carbons (Fsp3) is 0. The number of phenolic OH excluding ortho intramolecular Hbond substituents is 1. The molecule has 0 aliphatic rings. The second kappa shape index (κ2) is 3.45. The van der Waals surface area contributed by atoms with Gasteiger partial charge >= 0.3 is 0 Å². The van der Waals surface area contributed by atoms with Gasteiger partial charge in [0.25, 0.3) is 0 Å². The molecule has 13 heavy (non-hydrogen) atoms. The summed E-state index contributed by atoms with van der Waals surface area (Å²) in [6.07, 6.45) is 0. The predicted molar refractivity (Wildman–Crippen MR) is 52.2 cm³/mol. The van der Waals surface area contributed by atoms with Gasteiger partial charge in [0, 0.05) is 4.47 Å². The molecule has 0 saturated heterocycles. The van der Waals surface area contributed by atoms with Crippen LogP contribution in [-0.2, 0) is 10.0 Å². The Bertz CT molecular complexity index is 445. The Balaban J connectivity index is 3.56. The summed E-state index contributed by atoms with van der Waals surface area (Å²) in [4.78, 5) is -0.396. The maximum atomic E-state index is 10.9.